The molecule has 0 aliphatic carbocycles. The van der Waals surface area contributed by atoms with Gasteiger partial charge in [0.25, 0.3) is 0 Å². The molecule has 4 nitrogen and oxygen atoms in total. The number of benzene rings is 2. The van der Waals surface area contributed by atoms with Crippen molar-refractivity contribution in [3.8, 4) is 0 Å². The van der Waals surface area contributed by atoms with E-state index in [1.165, 1.54) is 12.1 Å². The Labute approximate surface area is 149 Å². The second-order valence-electron chi connectivity index (χ2n) is 5.11. The fraction of sp³-hybridized carbons (Fsp3) is 0.0588. The zero-order valence-electron chi connectivity index (χ0n) is 12.5. The van der Waals surface area contributed by atoms with Gasteiger partial charge in [-0.05, 0) is 48.1 Å². The average Bonchev–Trinajstić information content (AvgIpc) is 2.96. The minimum atomic E-state index is -0.324. The van der Waals surface area contributed by atoms with Crippen LogP contribution in [0.25, 0.3) is 0 Å². The highest BCUT2D eigenvalue weighted by Gasteiger charge is 2.04. The van der Waals surface area contributed by atoms with Gasteiger partial charge in [0, 0.05) is 23.0 Å². The lowest BCUT2D eigenvalue weighted by Crippen LogP contribution is -2.19. The van der Waals surface area contributed by atoms with Gasteiger partial charge in [0.1, 0.15) is 5.82 Å². The molecule has 0 atom stereocenters. The Hall–Kier alpha value is -2.44. The molecule has 0 unspecified atom stereocenters. The lowest BCUT2D eigenvalue weighted by atomic mass is 10.2. The van der Waals surface area contributed by atoms with Crippen LogP contribution in [0.3, 0.4) is 0 Å². The molecule has 1 aromatic heterocycles. The highest BCUT2D eigenvalue weighted by atomic mass is 35.5. The minimum absolute atomic E-state index is 0.324. The maximum Gasteiger partial charge on any atom is 0.176 e. The summed E-state index contributed by atoms with van der Waals surface area (Å²) in [4.78, 5) is 0. The summed E-state index contributed by atoms with van der Waals surface area (Å²) in [7, 11) is 0. The van der Waals surface area contributed by atoms with Gasteiger partial charge in [-0.1, -0.05) is 29.8 Å². The van der Waals surface area contributed by atoms with E-state index < -0.39 is 0 Å². The van der Waals surface area contributed by atoms with Gasteiger partial charge in [0.05, 0.1) is 6.54 Å². The molecule has 0 radical (unpaired) electrons. The van der Waals surface area contributed by atoms with E-state index in [9.17, 15) is 4.39 Å². The van der Waals surface area contributed by atoms with E-state index >= 15 is 0 Å². The third-order valence-corrected chi connectivity index (χ3v) is 3.68. The third-order valence-electron chi connectivity index (χ3n) is 3.22. The lowest BCUT2D eigenvalue weighted by Gasteiger charge is -2.08. The first-order chi connectivity index (χ1) is 11.6. The smallest absolute Gasteiger partial charge is 0.176 e. The molecule has 3 aromatic rings. The van der Waals surface area contributed by atoms with E-state index in [-0.39, 0.29) is 5.82 Å². The van der Waals surface area contributed by atoms with E-state index in [0.717, 1.165) is 5.56 Å². The number of rotatable bonds is 4. The normalized spacial score (nSPS) is 10.4. The van der Waals surface area contributed by atoms with Gasteiger partial charge in [-0.3, -0.25) is 4.68 Å². The van der Waals surface area contributed by atoms with Crippen LogP contribution in [0.15, 0.2) is 60.8 Å². The number of hydrogen-bond donors (Lipinski definition) is 2. The predicted octanol–water partition coefficient (Wildman–Crippen LogP) is 4.53. The predicted molar refractivity (Wildman–Crippen MR) is 99.0 cm³/mol. The number of aromatic nitrogens is 2. The number of halogens is 2. The SMILES string of the molecule is Fc1cccc(NC(=S)Nc2ccn(Cc3ccc(Cl)cc3)n2)c1. The van der Waals surface area contributed by atoms with E-state index in [2.05, 4.69) is 15.7 Å². The maximum absolute atomic E-state index is 13.2. The summed E-state index contributed by atoms with van der Waals surface area (Å²) in [5.41, 5.74) is 1.67. The van der Waals surface area contributed by atoms with Gasteiger partial charge in [-0.2, -0.15) is 5.10 Å². The van der Waals surface area contributed by atoms with Crippen LogP contribution in [-0.2, 0) is 6.54 Å². The van der Waals surface area contributed by atoms with Crippen molar-refractivity contribution >= 4 is 40.4 Å². The van der Waals surface area contributed by atoms with Crippen molar-refractivity contribution in [1.29, 1.82) is 0 Å². The standard InChI is InChI=1S/C17H14ClFN4S/c18-13-6-4-12(5-7-13)11-23-9-8-16(22-23)21-17(24)20-15-3-1-2-14(19)10-15/h1-10H,11H2,(H2,20,21,22,24). The summed E-state index contributed by atoms with van der Waals surface area (Å²) in [6, 6.07) is 15.5. The molecule has 0 fully saturated rings. The molecule has 0 saturated heterocycles. The number of anilines is 2. The fourth-order valence-corrected chi connectivity index (χ4v) is 2.49. The number of nitrogens with zero attached hydrogens (tertiary/aromatic N) is 2. The Kier molecular flexibility index (Phi) is 5.08. The van der Waals surface area contributed by atoms with Crippen LogP contribution in [0.1, 0.15) is 5.56 Å². The van der Waals surface area contributed by atoms with E-state index in [4.69, 9.17) is 23.8 Å². The van der Waals surface area contributed by atoms with Crippen molar-refractivity contribution in [2.45, 2.75) is 6.54 Å². The van der Waals surface area contributed by atoms with Crippen molar-refractivity contribution in [3.63, 3.8) is 0 Å². The van der Waals surface area contributed by atoms with Gasteiger partial charge >= 0.3 is 0 Å². The van der Waals surface area contributed by atoms with Crippen molar-refractivity contribution in [1.82, 2.24) is 9.78 Å². The van der Waals surface area contributed by atoms with Gasteiger partial charge in [-0.25, -0.2) is 4.39 Å². The molecule has 7 heteroatoms. The first kappa shape index (κ1) is 16.4. The molecule has 3 rings (SSSR count). The Morgan fingerprint density at radius 3 is 2.67 bits per heavy atom. The van der Waals surface area contributed by atoms with Crippen LogP contribution >= 0.6 is 23.8 Å². The van der Waals surface area contributed by atoms with E-state index in [0.29, 0.717) is 28.2 Å². The van der Waals surface area contributed by atoms with Crippen LogP contribution in [-0.4, -0.2) is 14.9 Å². The van der Waals surface area contributed by atoms with Crippen LogP contribution in [0.5, 0.6) is 0 Å². The van der Waals surface area contributed by atoms with Gasteiger partial charge < -0.3 is 10.6 Å². The first-order valence-corrected chi connectivity index (χ1v) is 7.98. The molecule has 122 valence electrons. The van der Waals surface area contributed by atoms with Crippen LogP contribution < -0.4 is 10.6 Å². The highest BCUT2D eigenvalue weighted by Crippen LogP contribution is 2.13. The summed E-state index contributed by atoms with van der Waals surface area (Å²) in [6.45, 7) is 0.628. The summed E-state index contributed by atoms with van der Waals surface area (Å²) in [5.74, 6) is 0.285. The second kappa shape index (κ2) is 7.42. The lowest BCUT2D eigenvalue weighted by molar-refractivity contribution is 0.628. The molecule has 2 N–H and O–H groups in total. The Morgan fingerprint density at radius 1 is 1.12 bits per heavy atom. The van der Waals surface area contributed by atoms with Gasteiger partial charge in [0.15, 0.2) is 10.9 Å². The van der Waals surface area contributed by atoms with Crippen LogP contribution in [0.2, 0.25) is 5.02 Å². The Balaban J connectivity index is 1.59. The summed E-state index contributed by atoms with van der Waals surface area (Å²) in [5, 5.41) is 11.3. The molecule has 0 aliphatic heterocycles. The van der Waals surface area contributed by atoms with E-state index in [1.54, 1.807) is 16.8 Å². The first-order valence-electron chi connectivity index (χ1n) is 7.20. The zero-order valence-corrected chi connectivity index (χ0v) is 14.1. The molecule has 2 aromatic carbocycles. The molecule has 1 heterocycles. The second-order valence-corrected chi connectivity index (χ2v) is 5.96. The Morgan fingerprint density at radius 2 is 1.92 bits per heavy atom. The number of nitrogens with one attached hydrogen (secondary N) is 2. The van der Waals surface area contributed by atoms with Gasteiger partial charge in [-0.15, -0.1) is 0 Å². The fourth-order valence-electron chi connectivity index (χ4n) is 2.14. The van der Waals surface area contributed by atoms with Gasteiger partial charge in [0.2, 0.25) is 0 Å². The Bertz CT molecular complexity index is 848. The maximum atomic E-state index is 13.2. The van der Waals surface area contributed by atoms with Crippen LogP contribution in [0, 0.1) is 5.82 Å². The number of thiocarbonyl (C=S) groups is 1. The average molecular weight is 361 g/mol. The largest absolute Gasteiger partial charge is 0.332 e. The van der Waals surface area contributed by atoms with Crippen LogP contribution in [0.4, 0.5) is 15.9 Å². The van der Waals surface area contributed by atoms with Crippen molar-refractivity contribution < 1.29 is 4.39 Å². The molecule has 0 saturated carbocycles. The summed E-state index contributed by atoms with van der Waals surface area (Å²) >= 11 is 11.1. The third kappa shape index (κ3) is 4.53. The molecule has 24 heavy (non-hydrogen) atoms. The van der Waals surface area contributed by atoms with Crippen molar-refractivity contribution in [2.75, 3.05) is 10.6 Å². The summed E-state index contributed by atoms with van der Waals surface area (Å²) in [6.07, 6.45) is 1.85. The molecular weight excluding hydrogens is 347 g/mol. The van der Waals surface area contributed by atoms with Crippen molar-refractivity contribution in [2.24, 2.45) is 0 Å². The molecule has 0 amide bonds. The number of hydrogen-bond acceptors (Lipinski definition) is 2. The minimum Gasteiger partial charge on any atom is -0.332 e. The molecule has 0 bridgehead atoms. The zero-order chi connectivity index (χ0) is 16.9. The molecular formula is C17H14ClFN4S. The highest BCUT2D eigenvalue weighted by molar-refractivity contribution is 7.80. The monoisotopic (exact) mass is 360 g/mol. The topological polar surface area (TPSA) is 41.9 Å². The van der Waals surface area contributed by atoms with Crippen molar-refractivity contribution in [3.05, 3.63) is 77.2 Å². The summed E-state index contributed by atoms with van der Waals surface area (Å²) < 4.78 is 14.9. The molecule has 0 spiro atoms. The van der Waals surface area contributed by atoms with E-state index in [1.807, 2.05) is 36.5 Å². The quantitative estimate of drug-likeness (QED) is 0.671. The molecule has 0 aliphatic rings.